The minimum Gasteiger partial charge on any atom is -0.309 e. The van der Waals surface area contributed by atoms with E-state index in [-0.39, 0.29) is 17.1 Å². The Bertz CT molecular complexity index is 726. The molecule has 5 heteroatoms. The first-order valence-electron chi connectivity index (χ1n) is 7.99. The molecule has 122 valence electrons. The van der Waals surface area contributed by atoms with Gasteiger partial charge >= 0.3 is 0 Å². The quantitative estimate of drug-likeness (QED) is 0.930. The van der Waals surface area contributed by atoms with Crippen molar-refractivity contribution in [2.75, 3.05) is 5.32 Å². The maximum absolute atomic E-state index is 13.2. The Morgan fingerprint density at radius 2 is 2.00 bits per heavy atom. The fourth-order valence-corrected chi connectivity index (χ4v) is 3.00. The molecular formula is C18H22FN3O. The van der Waals surface area contributed by atoms with Gasteiger partial charge in [-0.1, -0.05) is 32.9 Å². The van der Waals surface area contributed by atoms with Crippen LogP contribution in [0.2, 0.25) is 0 Å². The predicted octanol–water partition coefficient (Wildman–Crippen LogP) is 4.01. The van der Waals surface area contributed by atoms with Gasteiger partial charge in [0.2, 0.25) is 5.91 Å². The van der Waals surface area contributed by atoms with Gasteiger partial charge in [-0.2, -0.15) is 5.10 Å². The molecule has 23 heavy (non-hydrogen) atoms. The number of carbonyl (C=O) groups excluding carboxylic acids is 1. The summed E-state index contributed by atoms with van der Waals surface area (Å²) in [5.74, 6) is 0.272. The Hall–Kier alpha value is -2.17. The number of carbonyl (C=O) groups is 1. The molecule has 2 heterocycles. The van der Waals surface area contributed by atoms with Crippen LogP contribution in [-0.4, -0.2) is 15.7 Å². The second-order valence-corrected chi connectivity index (χ2v) is 7.29. The van der Waals surface area contributed by atoms with Crippen molar-refractivity contribution in [3.05, 3.63) is 35.8 Å². The van der Waals surface area contributed by atoms with E-state index in [1.54, 1.807) is 12.1 Å². The lowest BCUT2D eigenvalue weighted by Crippen LogP contribution is -2.20. The Kier molecular flexibility index (Phi) is 3.96. The van der Waals surface area contributed by atoms with Crippen LogP contribution < -0.4 is 5.32 Å². The minimum absolute atomic E-state index is 0.0439. The van der Waals surface area contributed by atoms with Crippen LogP contribution in [-0.2, 0) is 17.8 Å². The van der Waals surface area contributed by atoms with Crippen LogP contribution >= 0.6 is 0 Å². The first-order valence-corrected chi connectivity index (χ1v) is 7.99. The van der Waals surface area contributed by atoms with Crippen LogP contribution in [0.5, 0.6) is 0 Å². The average Bonchev–Trinajstić information content (AvgIpc) is 2.98. The summed E-state index contributed by atoms with van der Waals surface area (Å²) in [7, 11) is 0. The molecule has 0 spiro atoms. The van der Waals surface area contributed by atoms with Crippen molar-refractivity contribution in [2.45, 2.75) is 46.6 Å². The van der Waals surface area contributed by atoms with Crippen molar-refractivity contribution < 1.29 is 9.18 Å². The molecule has 0 saturated heterocycles. The molecule has 0 radical (unpaired) electrons. The molecule has 0 bridgehead atoms. The summed E-state index contributed by atoms with van der Waals surface area (Å²) in [6, 6.07) is 6.36. The number of fused-ring (bicyclic) bond motifs is 1. The number of nitrogens with one attached hydrogen (secondary N) is 1. The number of amides is 1. The van der Waals surface area contributed by atoms with Gasteiger partial charge in [-0.25, -0.2) is 4.39 Å². The molecule has 4 nitrogen and oxygen atoms in total. The molecule has 1 aliphatic rings. The van der Waals surface area contributed by atoms with Crippen molar-refractivity contribution >= 4 is 11.7 Å². The highest BCUT2D eigenvalue weighted by Gasteiger charge is 2.25. The third kappa shape index (κ3) is 3.44. The average molecular weight is 315 g/mol. The SMILES string of the molecule is CC(C)(C)CC(=O)Nc1nn2c(c1-c1ccc(F)cc1)CCC2. The number of hydrogen-bond acceptors (Lipinski definition) is 2. The van der Waals surface area contributed by atoms with E-state index in [1.165, 1.54) is 12.1 Å². The molecule has 1 aromatic heterocycles. The molecule has 3 rings (SSSR count). The maximum atomic E-state index is 13.2. The Labute approximate surface area is 135 Å². The smallest absolute Gasteiger partial charge is 0.226 e. The molecule has 0 fully saturated rings. The van der Waals surface area contributed by atoms with E-state index in [4.69, 9.17) is 0 Å². The van der Waals surface area contributed by atoms with Gasteiger partial charge in [-0.3, -0.25) is 9.48 Å². The van der Waals surface area contributed by atoms with E-state index in [1.807, 2.05) is 25.5 Å². The lowest BCUT2D eigenvalue weighted by atomic mass is 9.92. The van der Waals surface area contributed by atoms with E-state index < -0.39 is 0 Å². The predicted molar refractivity (Wildman–Crippen MR) is 88.6 cm³/mol. The van der Waals surface area contributed by atoms with Crippen LogP contribution in [0.25, 0.3) is 11.1 Å². The highest BCUT2D eigenvalue weighted by atomic mass is 19.1. The maximum Gasteiger partial charge on any atom is 0.226 e. The van der Waals surface area contributed by atoms with Gasteiger partial charge < -0.3 is 5.32 Å². The molecule has 0 atom stereocenters. The summed E-state index contributed by atoms with van der Waals surface area (Å²) < 4.78 is 15.2. The zero-order valence-corrected chi connectivity index (χ0v) is 13.8. The summed E-state index contributed by atoms with van der Waals surface area (Å²) >= 11 is 0. The summed E-state index contributed by atoms with van der Waals surface area (Å²) in [5.41, 5.74) is 2.84. The van der Waals surface area contributed by atoms with Gasteiger partial charge in [0.05, 0.1) is 0 Å². The van der Waals surface area contributed by atoms with Gasteiger partial charge in [0.15, 0.2) is 5.82 Å². The second-order valence-electron chi connectivity index (χ2n) is 7.29. The fourth-order valence-electron chi connectivity index (χ4n) is 3.00. The lowest BCUT2D eigenvalue weighted by Gasteiger charge is -2.17. The highest BCUT2D eigenvalue weighted by Crippen LogP contribution is 2.35. The van der Waals surface area contributed by atoms with Gasteiger partial charge in [0.25, 0.3) is 0 Å². The van der Waals surface area contributed by atoms with Gasteiger partial charge in [0, 0.05) is 24.2 Å². The highest BCUT2D eigenvalue weighted by molar-refractivity contribution is 5.95. The largest absolute Gasteiger partial charge is 0.309 e. The molecule has 2 aromatic rings. The molecule has 0 aliphatic carbocycles. The van der Waals surface area contributed by atoms with E-state index >= 15 is 0 Å². The second kappa shape index (κ2) is 5.80. The zero-order chi connectivity index (χ0) is 16.6. The minimum atomic E-state index is -0.268. The van der Waals surface area contributed by atoms with Crippen LogP contribution in [0.1, 0.15) is 39.3 Å². The normalized spacial score (nSPS) is 13.9. The zero-order valence-electron chi connectivity index (χ0n) is 13.8. The van der Waals surface area contributed by atoms with Gasteiger partial charge in [-0.05, 0) is 36.0 Å². The van der Waals surface area contributed by atoms with E-state index in [2.05, 4.69) is 10.4 Å². The first kappa shape index (κ1) is 15.7. The van der Waals surface area contributed by atoms with Gasteiger partial charge in [-0.15, -0.1) is 0 Å². The van der Waals surface area contributed by atoms with Crippen LogP contribution in [0, 0.1) is 11.2 Å². The Morgan fingerprint density at radius 3 is 2.65 bits per heavy atom. The fraction of sp³-hybridized carbons (Fsp3) is 0.444. The van der Waals surface area contributed by atoms with Crippen molar-refractivity contribution in [1.82, 2.24) is 9.78 Å². The van der Waals surface area contributed by atoms with Crippen molar-refractivity contribution in [2.24, 2.45) is 5.41 Å². The summed E-state index contributed by atoms with van der Waals surface area (Å²) in [4.78, 5) is 12.3. The summed E-state index contributed by atoms with van der Waals surface area (Å²) in [6.07, 6.45) is 2.40. The molecule has 1 aromatic carbocycles. The number of hydrogen-bond donors (Lipinski definition) is 1. The molecule has 0 saturated carbocycles. The first-order chi connectivity index (χ1) is 10.8. The van der Waals surface area contributed by atoms with E-state index in [9.17, 15) is 9.18 Å². The third-order valence-corrected chi connectivity index (χ3v) is 3.92. The van der Waals surface area contributed by atoms with Crippen LogP contribution in [0.3, 0.4) is 0 Å². The van der Waals surface area contributed by atoms with Crippen LogP contribution in [0.15, 0.2) is 24.3 Å². The number of halogens is 1. The molecule has 1 N–H and O–H groups in total. The summed E-state index contributed by atoms with van der Waals surface area (Å²) in [5, 5.41) is 7.50. The molecular weight excluding hydrogens is 293 g/mol. The molecule has 1 aliphatic heterocycles. The number of anilines is 1. The Morgan fingerprint density at radius 1 is 1.30 bits per heavy atom. The van der Waals surface area contributed by atoms with Crippen LogP contribution in [0.4, 0.5) is 10.2 Å². The van der Waals surface area contributed by atoms with E-state index in [0.29, 0.717) is 12.2 Å². The number of aryl methyl sites for hydroxylation is 1. The Balaban J connectivity index is 1.95. The topological polar surface area (TPSA) is 46.9 Å². The standard InChI is InChI=1S/C18H22FN3O/c1-18(2,3)11-15(23)20-17-16(12-6-8-13(19)9-7-12)14-5-4-10-22(14)21-17/h6-9H,4-5,10-11H2,1-3H3,(H,20,21,23). The number of nitrogens with zero attached hydrogens (tertiary/aromatic N) is 2. The number of rotatable bonds is 3. The van der Waals surface area contributed by atoms with Crippen molar-refractivity contribution in [1.29, 1.82) is 0 Å². The third-order valence-electron chi connectivity index (χ3n) is 3.92. The van der Waals surface area contributed by atoms with E-state index in [0.717, 1.165) is 36.2 Å². The van der Waals surface area contributed by atoms with Gasteiger partial charge in [0.1, 0.15) is 5.82 Å². The van der Waals surface area contributed by atoms with Crippen molar-refractivity contribution in [3.63, 3.8) is 0 Å². The van der Waals surface area contributed by atoms with Crippen molar-refractivity contribution in [3.8, 4) is 11.1 Å². The molecule has 1 amide bonds. The number of benzene rings is 1. The lowest BCUT2D eigenvalue weighted by molar-refractivity contribution is -0.117. The molecule has 0 unspecified atom stereocenters. The summed E-state index contributed by atoms with van der Waals surface area (Å²) in [6.45, 7) is 6.94. The monoisotopic (exact) mass is 315 g/mol. The number of aromatic nitrogens is 2.